The Labute approximate surface area is 148 Å². The number of nitrogens with zero attached hydrogens (tertiary/aromatic N) is 2. The van der Waals surface area contributed by atoms with Crippen LogP contribution in [0.5, 0.6) is 0 Å². The summed E-state index contributed by atoms with van der Waals surface area (Å²) in [5.74, 6) is 0.848. The molecule has 1 heterocycles. The van der Waals surface area contributed by atoms with Gasteiger partial charge in [-0.05, 0) is 19.3 Å². The van der Waals surface area contributed by atoms with Gasteiger partial charge in [0.25, 0.3) is 0 Å². The molecule has 0 saturated heterocycles. The molecule has 5 heteroatoms. The summed E-state index contributed by atoms with van der Waals surface area (Å²) in [5.41, 5.74) is 1.10. The highest BCUT2D eigenvalue weighted by molar-refractivity contribution is 5.77. The molecule has 2 aromatic rings. The minimum absolute atomic E-state index is 0.0203. The van der Waals surface area contributed by atoms with E-state index in [1.165, 1.54) is 0 Å². The van der Waals surface area contributed by atoms with Crippen LogP contribution in [0.3, 0.4) is 0 Å². The van der Waals surface area contributed by atoms with Crippen molar-refractivity contribution in [2.75, 3.05) is 13.6 Å². The van der Waals surface area contributed by atoms with Crippen molar-refractivity contribution in [2.24, 2.45) is 0 Å². The van der Waals surface area contributed by atoms with Crippen LogP contribution < -0.4 is 0 Å². The summed E-state index contributed by atoms with van der Waals surface area (Å²) >= 11 is 0. The third kappa shape index (κ3) is 4.69. The van der Waals surface area contributed by atoms with E-state index in [1.54, 1.807) is 11.9 Å². The molecular weight excluding hydrogens is 316 g/mol. The van der Waals surface area contributed by atoms with Gasteiger partial charge in [0.05, 0.1) is 12.0 Å². The largest absolute Gasteiger partial charge is 0.389 e. The summed E-state index contributed by atoms with van der Waals surface area (Å²) in [7, 11) is 1.80. The number of hydrogen-bond donors (Lipinski definition) is 1. The Hall–Kier alpha value is -2.14. The van der Waals surface area contributed by atoms with Crippen molar-refractivity contribution < 1.29 is 14.4 Å². The molecule has 0 spiro atoms. The Morgan fingerprint density at radius 2 is 2.00 bits per heavy atom. The topological polar surface area (TPSA) is 66.6 Å². The zero-order valence-electron chi connectivity index (χ0n) is 14.8. The maximum absolute atomic E-state index is 12.3. The zero-order chi connectivity index (χ0) is 17.7. The highest BCUT2D eigenvalue weighted by atomic mass is 16.5. The fraction of sp³-hybridized carbons (Fsp3) is 0.500. The van der Waals surface area contributed by atoms with Crippen LogP contribution in [0.2, 0.25) is 0 Å². The SMILES string of the molecule is CN(CCCc1cc(-c2ccccc2)no1)C(=O)CC1(O)CCCC1. The van der Waals surface area contributed by atoms with E-state index >= 15 is 0 Å². The number of benzene rings is 1. The lowest BCUT2D eigenvalue weighted by atomic mass is 9.97. The molecule has 1 saturated carbocycles. The van der Waals surface area contributed by atoms with Gasteiger partial charge in [-0.2, -0.15) is 0 Å². The van der Waals surface area contributed by atoms with Gasteiger partial charge < -0.3 is 14.5 Å². The van der Waals surface area contributed by atoms with E-state index in [4.69, 9.17) is 4.52 Å². The maximum Gasteiger partial charge on any atom is 0.225 e. The van der Waals surface area contributed by atoms with Crippen molar-refractivity contribution in [3.05, 3.63) is 42.2 Å². The monoisotopic (exact) mass is 342 g/mol. The molecule has 1 aromatic carbocycles. The Morgan fingerprint density at radius 3 is 2.72 bits per heavy atom. The first-order valence-electron chi connectivity index (χ1n) is 9.03. The van der Waals surface area contributed by atoms with Crippen LogP contribution in [-0.2, 0) is 11.2 Å². The molecular formula is C20H26N2O3. The van der Waals surface area contributed by atoms with Crippen LogP contribution in [0, 0.1) is 0 Å². The van der Waals surface area contributed by atoms with Crippen molar-refractivity contribution in [2.45, 2.75) is 50.5 Å². The second-order valence-corrected chi connectivity index (χ2v) is 7.07. The first kappa shape index (κ1) is 17.7. The third-order valence-electron chi connectivity index (χ3n) is 4.99. The normalized spacial score (nSPS) is 16.1. The fourth-order valence-corrected chi connectivity index (χ4v) is 3.42. The molecule has 1 fully saturated rings. The van der Waals surface area contributed by atoms with Gasteiger partial charge in [-0.3, -0.25) is 4.79 Å². The highest BCUT2D eigenvalue weighted by Gasteiger charge is 2.34. The summed E-state index contributed by atoms with van der Waals surface area (Å²) in [6, 6.07) is 11.9. The lowest BCUT2D eigenvalue weighted by Gasteiger charge is -2.25. The highest BCUT2D eigenvalue weighted by Crippen LogP contribution is 2.32. The Balaban J connectivity index is 1.45. The smallest absolute Gasteiger partial charge is 0.225 e. The van der Waals surface area contributed by atoms with Crippen molar-refractivity contribution in [1.29, 1.82) is 0 Å². The molecule has 0 radical (unpaired) electrons. The molecule has 3 rings (SSSR count). The number of amides is 1. The molecule has 0 atom stereocenters. The number of carbonyl (C=O) groups is 1. The van der Waals surface area contributed by atoms with E-state index in [1.807, 2.05) is 36.4 Å². The lowest BCUT2D eigenvalue weighted by Crippen LogP contribution is -2.36. The average molecular weight is 342 g/mol. The van der Waals surface area contributed by atoms with Crippen molar-refractivity contribution in [1.82, 2.24) is 10.1 Å². The summed E-state index contributed by atoms with van der Waals surface area (Å²) in [4.78, 5) is 14.0. The third-order valence-corrected chi connectivity index (χ3v) is 4.99. The van der Waals surface area contributed by atoms with Gasteiger partial charge in [0.1, 0.15) is 11.5 Å². The van der Waals surface area contributed by atoms with Crippen molar-refractivity contribution in [3.63, 3.8) is 0 Å². The van der Waals surface area contributed by atoms with E-state index in [0.717, 1.165) is 55.5 Å². The number of aromatic nitrogens is 1. The molecule has 25 heavy (non-hydrogen) atoms. The number of carbonyl (C=O) groups excluding carboxylic acids is 1. The predicted octanol–water partition coefficient (Wildman–Crippen LogP) is 3.43. The van der Waals surface area contributed by atoms with Crippen LogP contribution in [0.1, 0.15) is 44.3 Å². The molecule has 1 N–H and O–H groups in total. The van der Waals surface area contributed by atoms with Gasteiger partial charge >= 0.3 is 0 Å². The first-order valence-corrected chi connectivity index (χ1v) is 9.03. The van der Waals surface area contributed by atoms with Crippen LogP contribution in [0.4, 0.5) is 0 Å². The van der Waals surface area contributed by atoms with E-state index < -0.39 is 5.60 Å². The van der Waals surface area contributed by atoms with Crippen molar-refractivity contribution >= 4 is 5.91 Å². The molecule has 1 aliphatic rings. The summed E-state index contributed by atoms with van der Waals surface area (Å²) in [5, 5.41) is 14.5. The fourth-order valence-electron chi connectivity index (χ4n) is 3.42. The van der Waals surface area contributed by atoms with E-state index in [9.17, 15) is 9.90 Å². The standard InChI is InChI=1S/C20H26N2O3/c1-22(19(23)15-20(24)11-5-6-12-20)13-7-10-17-14-18(21-25-17)16-8-3-2-4-9-16/h2-4,8-9,14,24H,5-7,10-13,15H2,1H3. The zero-order valence-corrected chi connectivity index (χ0v) is 14.8. The van der Waals surface area contributed by atoms with Crippen molar-refractivity contribution in [3.8, 4) is 11.3 Å². The Kier molecular flexibility index (Phi) is 5.53. The van der Waals surface area contributed by atoms with Crippen LogP contribution in [-0.4, -0.2) is 40.3 Å². The minimum Gasteiger partial charge on any atom is -0.389 e. The van der Waals surface area contributed by atoms with Crippen LogP contribution in [0.25, 0.3) is 11.3 Å². The maximum atomic E-state index is 12.3. The quantitative estimate of drug-likeness (QED) is 0.837. The molecule has 0 aliphatic heterocycles. The first-order chi connectivity index (χ1) is 12.1. The molecule has 0 bridgehead atoms. The number of rotatable bonds is 7. The van der Waals surface area contributed by atoms with Gasteiger partial charge in [-0.25, -0.2) is 0 Å². The molecule has 1 amide bonds. The molecule has 5 nitrogen and oxygen atoms in total. The second-order valence-electron chi connectivity index (χ2n) is 7.07. The Bertz CT molecular complexity index is 690. The van der Waals surface area contributed by atoms with Gasteiger partial charge in [-0.1, -0.05) is 48.3 Å². The van der Waals surface area contributed by atoms with Gasteiger partial charge in [0.15, 0.2) is 0 Å². The van der Waals surface area contributed by atoms with Gasteiger partial charge in [0, 0.05) is 31.6 Å². The number of aryl methyl sites for hydroxylation is 1. The number of aliphatic hydroxyl groups is 1. The second kappa shape index (κ2) is 7.83. The Morgan fingerprint density at radius 1 is 1.28 bits per heavy atom. The minimum atomic E-state index is -0.777. The average Bonchev–Trinajstić information content (AvgIpc) is 3.25. The lowest BCUT2D eigenvalue weighted by molar-refractivity contribution is -0.135. The predicted molar refractivity (Wildman–Crippen MR) is 95.9 cm³/mol. The van der Waals surface area contributed by atoms with Crippen LogP contribution in [0.15, 0.2) is 40.9 Å². The van der Waals surface area contributed by atoms with Gasteiger partial charge in [0.2, 0.25) is 5.91 Å². The number of hydrogen-bond acceptors (Lipinski definition) is 4. The summed E-state index contributed by atoms with van der Waals surface area (Å²) in [6.45, 7) is 0.649. The van der Waals surface area contributed by atoms with E-state index in [0.29, 0.717) is 6.54 Å². The molecule has 0 unspecified atom stereocenters. The van der Waals surface area contributed by atoms with E-state index in [2.05, 4.69) is 5.16 Å². The van der Waals surface area contributed by atoms with Gasteiger partial charge in [-0.15, -0.1) is 0 Å². The van der Waals surface area contributed by atoms with Crippen LogP contribution >= 0.6 is 0 Å². The molecule has 134 valence electrons. The summed E-state index contributed by atoms with van der Waals surface area (Å²) in [6.07, 6.45) is 5.31. The summed E-state index contributed by atoms with van der Waals surface area (Å²) < 4.78 is 5.39. The van der Waals surface area contributed by atoms with E-state index in [-0.39, 0.29) is 12.3 Å². The molecule has 1 aliphatic carbocycles. The molecule has 1 aromatic heterocycles.